The Labute approximate surface area is 79.5 Å². The van der Waals surface area contributed by atoms with E-state index in [-0.39, 0.29) is 6.03 Å². The lowest BCUT2D eigenvalue weighted by molar-refractivity contribution is 0.240. The van der Waals surface area contributed by atoms with E-state index < -0.39 is 0 Å². The number of hydrogen-bond acceptors (Lipinski definition) is 4. The molecule has 2 rings (SSSR count). The van der Waals surface area contributed by atoms with E-state index in [9.17, 15) is 4.79 Å². The van der Waals surface area contributed by atoms with Crippen LogP contribution >= 0.6 is 0 Å². The van der Waals surface area contributed by atoms with Crippen molar-refractivity contribution in [1.82, 2.24) is 20.0 Å². The minimum atomic E-state index is -0.251. The Balaban J connectivity index is 1.90. The van der Waals surface area contributed by atoms with Gasteiger partial charge in [-0.1, -0.05) is 5.16 Å². The molecule has 2 heterocycles. The van der Waals surface area contributed by atoms with Crippen LogP contribution in [0.1, 0.15) is 5.76 Å². The van der Waals surface area contributed by atoms with Gasteiger partial charge in [0.2, 0.25) is 0 Å². The van der Waals surface area contributed by atoms with E-state index in [1.165, 1.54) is 23.3 Å². The van der Waals surface area contributed by atoms with Crippen molar-refractivity contribution in [3.63, 3.8) is 0 Å². The third kappa shape index (κ3) is 1.79. The van der Waals surface area contributed by atoms with Gasteiger partial charge >= 0.3 is 6.03 Å². The van der Waals surface area contributed by atoms with Gasteiger partial charge in [0.25, 0.3) is 0 Å². The molecule has 0 aromatic carbocycles. The van der Waals surface area contributed by atoms with Gasteiger partial charge in [0.05, 0.1) is 12.7 Å². The zero-order valence-corrected chi connectivity index (χ0v) is 7.25. The number of nitrogens with one attached hydrogen (secondary N) is 1. The lowest BCUT2D eigenvalue weighted by Crippen LogP contribution is -2.26. The Morgan fingerprint density at radius 3 is 3.14 bits per heavy atom. The number of hydrogen-bond donors (Lipinski definition) is 1. The first-order valence-corrected chi connectivity index (χ1v) is 4.02. The second kappa shape index (κ2) is 3.73. The molecule has 0 aliphatic carbocycles. The van der Waals surface area contributed by atoms with Gasteiger partial charge in [-0.05, 0) is 0 Å². The molecular weight excluding hydrogens is 184 g/mol. The normalized spacial score (nSPS) is 10.0. The summed E-state index contributed by atoms with van der Waals surface area (Å²) in [5, 5.41) is 6.16. The topological polar surface area (TPSA) is 73.0 Å². The molecule has 6 nitrogen and oxygen atoms in total. The minimum absolute atomic E-state index is 0.251. The molecule has 0 fully saturated rings. The summed E-state index contributed by atoms with van der Waals surface area (Å²) in [6.45, 7) is 0.316. The van der Waals surface area contributed by atoms with Crippen LogP contribution in [0.4, 0.5) is 4.79 Å². The highest BCUT2D eigenvalue weighted by Crippen LogP contribution is 1.95. The lowest BCUT2D eigenvalue weighted by Gasteiger charge is -2.01. The number of carbonyl (C=O) groups excluding carboxylic acids is 1. The summed E-state index contributed by atoms with van der Waals surface area (Å²) in [5.74, 6) is 0.610. The maximum Gasteiger partial charge on any atom is 0.327 e. The molecule has 0 radical (unpaired) electrons. The smallest absolute Gasteiger partial charge is 0.327 e. The molecule has 2 aromatic heterocycles. The van der Waals surface area contributed by atoms with Gasteiger partial charge in [0.15, 0.2) is 5.76 Å². The number of aromatic nitrogens is 3. The zero-order chi connectivity index (χ0) is 9.80. The number of nitrogens with zero attached hydrogens (tertiary/aromatic N) is 3. The molecule has 0 atom stereocenters. The van der Waals surface area contributed by atoms with Crippen molar-refractivity contribution in [2.24, 2.45) is 0 Å². The second-order valence-electron chi connectivity index (χ2n) is 2.61. The molecule has 1 N–H and O–H groups in total. The Morgan fingerprint density at radius 2 is 2.50 bits per heavy atom. The largest absolute Gasteiger partial charge is 0.360 e. The number of amides is 1. The highest BCUT2D eigenvalue weighted by Gasteiger charge is 2.03. The van der Waals surface area contributed by atoms with Crippen LogP contribution < -0.4 is 5.32 Å². The van der Waals surface area contributed by atoms with Gasteiger partial charge in [-0.3, -0.25) is 4.57 Å². The number of carbonyl (C=O) groups is 1. The molecule has 0 aliphatic rings. The fourth-order valence-corrected chi connectivity index (χ4v) is 0.967. The van der Waals surface area contributed by atoms with Crippen LogP contribution in [-0.2, 0) is 6.54 Å². The van der Waals surface area contributed by atoms with Gasteiger partial charge in [-0.15, -0.1) is 0 Å². The molecule has 0 unspecified atom stereocenters. The van der Waals surface area contributed by atoms with E-state index in [1.54, 1.807) is 12.3 Å². The minimum Gasteiger partial charge on any atom is -0.360 e. The average molecular weight is 192 g/mol. The van der Waals surface area contributed by atoms with Crippen molar-refractivity contribution in [3.8, 4) is 0 Å². The molecule has 14 heavy (non-hydrogen) atoms. The van der Waals surface area contributed by atoms with Crippen molar-refractivity contribution in [2.45, 2.75) is 6.54 Å². The average Bonchev–Trinajstić information content (AvgIpc) is 2.87. The molecule has 72 valence electrons. The van der Waals surface area contributed by atoms with Gasteiger partial charge in [0, 0.05) is 18.5 Å². The first-order chi connectivity index (χ1) is 6.86. The monoisotopic (exact) mass is 192 g/mol. The van der Waals surface area contributed by atoms with E-state index in [4.69, 9.17) is 4.52 Å². The Hall–Kier alpha value is -2.11. The molecule has 0 aliphatic heterocycles. The Kier molecular flexibility index (Phi) is 2.26. The second-order valence-corrected chi connectivity index (χ2v) is 2.61. The van der Waals surface area contributed by atoms with E-state index in [2.05, 4.69) is 15.5 Å². The molecule has 0 bridgehead atoms. The Bertz CT molecular complexity index is 393. The van der Waals surface area contributed by atoms with E-state index >= 15 is 0 Å². The summed E-state index contributed by atoms with van der Waals surface area (Å²) in [5.41, 5.74) is 0. The number of rotatable bonds is 2. The molecule has 0 saturated carbocycles. The third-order valence-corrected chi connectivity index (χ3v) is 1.64. The van der Waals surface area contributed by atoms with E-state index in [0.717, 1.165) is 0 Å². The fraction of sp³-hybridized carbons (Fsp3) is 0.125. The summed E-state index contributed by atoms with van der Waals surface area (Å²) in [6.07, 6.45) is 6.05. The van der Waals surface area contributed by atoms with E-state index in [0.29, 0.717) is 12.3 Å². The summed E-state index contributed by atoms with van der Waals surface area (Å²) in [7, 11) is 0. The van der Waals surface area contributed by atoms with Crippen LogP contribution in [0, 0.1) is 0 Å². The van der Waals surface area contributed by atoms with Gasteiger partial charge < -0.3 is 9.84 Å². The maximum absolute atomic E-state index is 11.4. The lowest BCUT2D eigenvalue weighted by atomic mass is 10.4. The van der Waals surface area contributed by atoms with Crippen LogP contribution in [0.3, 0.4) is 0 Å². The van der Waals surface area contributed by atoms with Gasteiger partial charge in [0.1, 0.15) is 6.33 Å². The maximum atomic E-state index is 11.4. The molecule has 2 aromatic rings. The quantitative estimate of drug-likeness (QED) is 0.757. The van der Waals surface area contributed by atoms with Crippen LogP contribution in [0.5, 0.6) is 0 Å². The van der Waals surface area contributed by atoms with E-state index in [1.807, 2.05) is 0 Å². The van der Waals surface area contributed by atoms with Crippen molar-refractivity contribution in [3.05, 3.63) is 36.7 Å². The molecule has 6 heteroatoms. The SMILES string of the molecule is O=C(NCc1ccno1)n1ccnc1. The summed E-state index contributed by atoms with van der Waals surface area (Å²) in [4.78, 5) is 15.1. The van der Waals surface area contributed by atoms with Crippen LogP contribution in [0.2, 0.25) is 0 Å². The van der Waals surface area contributed by atoms with Crippen LogP contribution in [-0.4, -0.2) is 20.7 Å². The molecule has 1 amide bonds. The van der Waals surface area contributed by atoms with Crippen molar-refractivity contribution in [1.29, 1.82) is 0 Å². The van der Waals surface area contributed by atoms with Crippen LogP contribution in [0.25, 0.3) is 0 Å². The zero-order valence-electron chi connectivity index (χ0n) is 7.25. The fourth-order valence-electron chi connectivity index (χ4n) is 0.967. The number of imidazole rings is 1. The first kappa shape index (κ1) is 8.49. The van der Waals surface area contributed by atoms with Crippen LogP contribution in [0.15, 0.2) is 35.5 Å². The molecule has 0 spiro atoms. The van der Waals surface area contributed by atoms with Gasteiger partial charge in [-0.25, -0.2) is 9.78 Å². The highest BCUT2D eigenvalue weighted by molar-refractivity contribution is 5.76. The predicted octanol–water partition coefficient (Wildman–Crippen LogP) is 0.629. The highest BCUT2D eigenvalue weighted by atomic mass is 16.5. The standard InChI is InChI=1S/C8H8N4O2/c13-8(12-4-3-9-6-12)10-5-7-1-2-11-14-7/h1-4,6H,5H2,(H,10,13). The molecule has 0 saturated heterocycles. The van der Waals surface area contributed by atoms with Gasteiger partial charge in [-0.2, -0.15) is 0 Å². The molecular formula is C8H8N4O2. The predicted molar refractivity (Wildman–Crippen MR) is 46.4 cm³/mol. The van der Waals surface area contributed by atoms with Crippen molar-refractivity contribution in [2.75, 3.05) is 0 Å². The first-order valence-electron chi connectivity index (χ1n) is 4.02. The summed E-state index contributed by atoms with van der Waals surface area (Å²) < 4.78 is 6.16. The summed E-state index contributed by atoms with van der Waals surface area (Å²) in [6, 6.07) is 1.44. The van der Waals surface area contributed by atoms with Crippen molar-refractivity contribution < 1.29 is 9.32 Å². The third-order valence-electron chi connectivity index (χ3n) is 1.64. The van der Waals surface area contributed by atoms with Crippen molar-refractivity contribution >= 4 is 6.03 Å². The Morgan fingerprint density at radius 1 is 1.57 bits per heavy atom. The summed E-state index contributed by atoms with van der Waals surface area (Å²) >= 11 is 0.